The van der Waals surface area contributed by atoms with Gasteiger partial charge in [-0.25, -0.2) is 0 Å². The molecule has 8 nitrogen and oxygen atoms in total. The summed E-state index contributed by atoms with van der Waals surface area (Å²) in [6, 6.07) is 7.45. The number of ether oxygens (including phenoxy) is 1. The lowest BCUT2D eigenvalue weighted by Gasteiger charge is -2.04. The summed E-state index contributed by atoms with van der Waals surface area (Å²) >= 11 is 0. The Bertz CT molecular complexity index is 1040. The Labute approximate surface area is 145 Å². The molecule has 0 saturated heterocycles. The monoisotopic (exact) mass is 358 g/mol. The zero-order chi connectivity index (χ0) is 18.1. The van der Waals surface area contributed by atoms with Gasteiger partial charge < -0.3 is 9.15 Å². The number of hydrogen-bond acceptors (Lipinski definition) is 7. The Hall–Kier alpha value is -3.43. The molecule has 0 unspecified atom stereocenters. The van der Waals surface area contributed by atoms with Gasteiger partial charge in [0.2, 0.25) is 5.89 Å². The van der Waals surface area contributed by atoms with E-state index in [-0.39, 0.29) is 12.5 Å². The number of nitrogens with zero attached hydrogens (tertiary/aromatic N) is 6. The van der Waals surface area contributed by atoms with E-state index in [1.54, 1.807) is 16.5 Å². The van der Waals surface area contributed by atoms with Gasteiger partial charge in [-0.1, -0.05) is 11.2 Å². The largest absolute Gasteiger partial charge is 0.457 e. The zero-order valence-electron chi connectivity index (χ0n) is 13.5. The number of rotatable bonds is 5. The standard InChI is InChI=1S/C16H12F2N6O2/c1-9-2-5-12-20-23-16(24(12)7-9)25-8-11-4-3-10(6-19-11)14-21-22-15(26-14)13(17)18/h2-7,13H,8H2,1H3. The van der Waals surface area contributed by atoms with Crippen molar-refractivity contribution in [3.05, 3.63) is 53.8 Å². The van der Waals surface area contributed by atoms with E-state index in [9.17, 15) is 8.78 Å². The van der Waals surface area contributed by atoms with E-state index < -0.39 is 12.3 Å². The average molecular weight is 358 g/mol. The lowest BCUT2D eigenvalue weighted by Crippen LogP contribution is -2.01. The Balaban J connectivity index is 1.47. The molecular weight excluding hydrogens is 346 g/mol. The van der Waals surface area contributed by atoms with Crippen molar-refractivity contribution in [2.24, 2.45) is 0 Å². The van der Waals surface area contributed by atoms with E-state index in [4.69, 9.17) is 9.15 Å². The number of halogens is 2. The van der Waals surface area contributed by atoms with Crippen molar-refractivity contribution in [1.82, 2.24) is 29.8 Å². The summed E-state index contributed by atoms with van der Waals surface area (Å²) in [5, 5.41) is 14.9. The van der Waals surface area contributed by atoms with Crippen LogP contribution in [0.5, 0.6) is 6.01 Å². The highest BCUT2D eigenvalue weighted by molar-refractivity contribution is 5.50. The number of pyridine rings is 2. The quantitative estimate of drug-likeness (QED) is 0.541. The van der Waals surface area contributed by atoms with Crippen molar-refractivity contribution in [3.8, 4) is 17.5 Å². The molecule has 4 rings (SSSR count). The number of fused-ring (bicyclic) bond motifs is 1. The molecule has 0 aromatic carbocycles. The van der Waals surface area contributed by atoms with Gasteiger partial charge in [0.15, 0.2) is 5.65 Å². The van der Waals surface area contributed by atoms with Crippen LogP contribution in [0.2, 0.25) is 0 Å². The second kappa shape index (κ2) is 6.47. The fourth-order valence-electron chi connectivity index (χ4n) is 2.29. The first kappa shape index (κ1) is 16.1. The fraction of sp³-hybridized carbons (Fsp3) is 0.188. The van der Waals surface area contributed by atoms with Crippen LogP contribution >= 0.6 is 0 Å². The van der Waals surface area contributed by atoms with Crippen molar-refractivity contribution in [2.75, 3.05) is 0 Å². The van der Waals surface area contributed by atoms with Gasteiger partial charge in [0.1, 0.15) is 6.61 Å². The van der Waals surface area contributed by atoms with Crippen LogP contribution in [-0.2, 0) is 6.61 Å². The summed E-state index contributed by atoms with van der Waals surface area (Å²) in [6.07, 6.45) is 0.517. The van der Waals surface area contributed by atoms with Gasteiger partial charge in [0.05, 0.1) is 11.3 Å². The first-order valence-corrected chi connectivity index (χ1v) is 7.61. The molecule has 0 bridgehead atoms. The van der Waals surface area contributed by atoms with E-state index >= 15 is 0 Å². The van der Waals surface area contributed by atoms with Crippen LogP contribution in [0, 0.1) is 6.92 Å². The number of aryl methyl sites for hydroxylation is 1. The van der Waals surface area contributed by atoms with Gasteiger partial charge >= 0.3 is 12.4 Å². The lowest BCUT2D eigenvalue weighted by atomic mass is 10.2. The van der Waals surface area contributed by atoms with E-state index in [1.165, 1.54) is 6.20 Å². The summed E-state index contributed by atoms with van der Waals surface area (Å²) in [7, 11) is 0. The average Bonchev–Trinajstić information content (AvgIpc) is 3.28. The molecule has 132 valence electrons. The molecule has 0 aliphatic carbocycles. The molecule has 4 heterocycles. The third kappa shape index (κ3) is 3.08. The molecule has 0 N–H and O–H groups in total. The smallest absolute Gasteiger partial charge is 0.321 e. The minimum atomic E-state index is -2.81. The third-order valence-corrected chi connectivity index (χ3v) is 3.57. The highest BCUT2D eigenvalue weighted by Gasteiger charge is 2.17. The number of alkyl halides is 2. The van der Waals surface area contributed by atoms with Gasteiger partial charge in [-0.15, -0.1) is 15.3 Å². The SMILES string of the molecule is Cc1ccc2nnc(OCc3ccc(-c4nnc(C(F)F)o4)cn3)n2c1. The maximum Gasteiger partial charge on any atom is 0.321 e. The predicted molar refractivity (Wildman–Crippen MR) is 84.5 cm³/mol. The van der Waals surface area contributed by atoms with Crippen LogP contribution in [0.3, 0.4) is 0 Å². The summed E-state index contributed by atoms with van der Waals surface area (Å²) in [5.41, 5.74) is 2.79. The van der Waals surface area contributed by atoms with Gasteiger partial charge in [-0.3, -0.25) is 9.38 Å². The van der Waals surface area contributed by atoms with Crippen LogP contribution < -0.4 is 4.74 Å². The fourth-order valence-corrected chi connectivity index (χ4v) is 2.29. The van der Waals surface area contributed by atoms with Gasteiger partial charge in [0, 0.05) is 12.4 Å². The minimum Gasteiger partial charge on any atom is -0.457 e. The Kier molecular flexibility index (Phi) is 3.99. The maximum atomic E-state index is 12.5. The molecule has 26 heavy (non-hydrogen) atoms. The Morgan fingerprint density at radius 1 is 1.12 bits per heavy atom. The molecule has 0 aliphatic rings. The molecule has 4 aromatic heterocycles. The number of hydrogen-bond donors (Lipinski definition) is 0. The Morgan fingerprint density at radius 3 is 2.73 bits per heavy atom. The van der Waals surface area contributed by atoms with Crippen molar-refractivity contribution in [1.29, 1.82) is 0 Å². The van der Waals surface area contributed by atoms with Crippen molar-refractivity contribution in [2.45, 2.75) is 20.0 Å². The lowest BCUT2D eigenvalue weighted by molar-refractivity contribution is 0.116. The first-order valence-electron chi connectivity index (χ1n) is 7.61. The summed E-state index contributed by atoms with van der Waals surface area (Å²) in [6.45, 7) is 2.13. The second-order valence-electron chi connectivity index (χ2n) is 5.49. The van der Waals surface area contributed by atoms with E-state index in [0.717, 1.165) is 5.56 Å². The van der Waals surface area contributed by atoms with Gasteiger partial charge in [-0.2, -0.15) is 8.78 Å². The van der Waals surface area contributed by atoms with Crippen LogP contribution in [0.25, 0.3) is 17.1 Å². The van der Waals surface area contributed by atoms with Crippen LogP contribution in [0.15, 0.2) is 41.1 Å². The summed E-state index contributed by atoms with van der Waals surface area (Å²) in [5.74, 6) is -0.736. The molecule has 0 amide bonds. The van der Waals surface area contributed by atoms with Gasteiger partial charge in [-0.05, 0) is 30.7 Å². The summed E-state index contributed by atoms with van der Waals surface area (Å²) < 4.78 is 37.3. The van der Waals surface area contributed by atoms with Gasteiger partial charge in [0.25, 0.3) is 5.89 Å². The zero-order valence-corrected chi connectivity index (χ0v) is 13.5. The van der Waals surface area contributed by atoms with E-state index in [2.05, 4.69) is 25.4 Å². The topological polar surface area (TPSA) is 91.2 Å². The molecule has 0 atom stereocenters. The molecule has 0 spiro atoms. The summed E-state index contributed by atoms with van der Waals surface area (Å²) in [4.78, 5) is 4.21. The van der Waals surface area contributed by atoms with Crippen molar-refractivity contribution < 1.29 is 17.9 Å². The maximum absolute atomic E-state index is 12.5. The van der Waals surface area contributed by atoms with E-state index in [0.29, 0.717) is 22.9 Å². The molecule has 4 aromatic rings. The first-order chi connectivity index (χ1) is 12.6. The van der Waals surface area contributed by atoms with Crippen LogP contribution in [0.4, 0.5) is 8.78 Å². The minimum absolute atomic E-state index is 0.0146. The molecular formula is C16H12F2N6O2. The highest BCUT2D eigenvalue weighted by atomic mass is 19.3. The van der Waals surface area contributed by atoms with E-state index in [1.807, 2.05) is 25.3 Å². The Morgan fingerprint density at radius 2 is 2.00 bits per heavy atom. The van der Waals surface area contributed by atoms with Crippen LogP contribution in [0.1, 0.15) is 23.6 Å². The molecule has 0 saturated carbocycles. The van der Waals surface area contributed by atoms with Crippen molar-refractivity contribution >= 4 is 5.65 Å². The van der Waals surface area contributed by atoms with Crippen molar-refractivity contribution in [3.63, 3.8) is 0 Å². The number of aromatic nitrogens is 6. The highest BCUT2D eigenvalue weighted by Crippen LogP contribution is 2.23. The normalized spacial score (nSPS) is 11.4. The molecule has 10 heteroatoms. The molecule has 0 aliphatic heterocycles. The molecule has 0 fully saturated rings. The predicted octanol–water partition coefficient (Wildman–Crippen LogP) is 3.00. The second-order valence-corrected chi connectivity index (χ2v) is 5.49. The third-order valence-electron chi connectivity index (χ3n) is 3.57. The van der Waals surface area contributed by atoms with Crippen LogP contribution in [-0.4, -0.2) is 29.8 Å². The molecule has 0 radical (unpaired) electrons.